The molecule has 1 N–H and O–H groups in total. The average molecular weight is 327 g/mol. The molecule has 0 radical (unpaired) electrons. The van der Waals surface area contributed by atoms with Crippen molar-refractivity contribution in [2.24, 2.45) is 7.05 Å². The number of nitrogens with zero attached hydrogens (tertiary/aromatic N) is 2. The van der Waals surface area contributed by atoms with Crippen molar-refractivity contribution in [3.8, 4) is 11.3 Å². The molecule has 100 valence electrons. The van der Waals surface area contributed by atoms with E-state index >= 15 is 0 Å². The molecular formula is C13H12BrFN2O2. The van der Waals surface area contributed by atoms with Gasteiger partial charge < -0.3 is 9.67 Å². The Morgan fingerprint density at radius 2 is 2.05 bits per heavy atom. The van der Waals surface area contributed by atoms with Crippen LogP contribution in [0.1, 0.15) is 12.2 Å². The lowest BCUT2D eigenvalue weighted by atomic mass is 10.1. The quantitative estimate of drug-likeness (QED) is 0.939. The first-order valence-corrected chi connectivity index (χ1v) is 6.47. The van der Waals surface area contributed by atoms with Crippen LogP contribution in [0.25, 0.3) is 11.3 Å². The van der Waals surface area contributed by atoms with E-state index in [4.69, 9.17) is 5.11 Å². The predicted octanol–water partition coefficient (Wildman–Crippen LogP) is 3.01. The zero-order valence-corrected chi connectivity index (χ0v) is 11.8. The molecule has 0 aliphatic carbocycles. The molecule has 0 saturated heterocycles. The number of hydrogen-bond acceptors (Lipinski definition) is 2. The predicted molar refractivity (Wildman–Crippen MR) is 72.3 cm³/mol. The van der Waals surface area contributed by atoms with E-state index in [0.29, 0.717) is 16.8 Å². The zero-order valence-electron chi connectivity index (χ0n) is 10.2. The van der Waals surface area contributed by atoms with E-state index in [2.05, 4.69) is 20.9 Å². The fourth-order valence-electron chi connectivity index (χ4n) is 1.87. The highest BCUT2D eigenvalue weighted by atomic mass is 79.9. The Morgan fingerprint density at radius 1 is 1.42 bits per heavy atom. The van der Waals surface area contributed by atoms with E-state index in [1.165, 1.54) is 12.1 Å². The highest BCUT2D eigenvalue weighted by molar-refractivity contribution is 9.10. The van der Waals surface area contributed by atoms with Gasteiger partial charge in [-0.3, -0.25) is 4.79 Å². The van der Waals surface area contributed by atoms with Gasteiger partial charge in [0.15, 0.2) is 0 Å². The second-order valence-corrected chi connectivity index (χ2v) is 4.88. The first-order valence-electron chi connectivity index (χ1n) is 5.68. The van der Waals surface area contributed by atoms with Gasteiger partial charge in [0.2, 0.25) is 0 Å². The lowest BCUT2D eigenvalue weighted by Gasteiger charge is -2.05. The van der Waals surface area contributed by atoms with E-state index in [9.17, 15) is 9.18 Å². The van der Waals surface area contributed by atoms with Crippen LogP contribution in [0.5, 0.6) is 0 Å². The summed E-state index contributed by atoms with van der Waals surface area (Å²) in [6, 6.07) is 6.09. The Balaban J connectivity index is 2.36. The molecule has 0 bridgehead atoms. The van der Waals surface area contributed by atoms with Crippen molar-refractivity contribution >= 4 is 21.9 Å². The molecule has 1 aromatic carbocycles. The second-order valence-electron chi connectivity index (χ2n) is 4.13. The van der Waals surface area contributed by atoms with Gasteiger partial charge in [0.1, 0.15) is 16.2 Å². The van der Waals surface area contributed by atoms with Crippen molar-refractivity contribution in [2.75, 3.05) is 0 Å². The van der Waals surface area contributed by atoms with Gasteiger partial charge in [-0.05, 0) is 40.2 Å². The number of benzene rings is 1. The summed E-state index contributed by atoms with van der Waals surface area (Å²) in [5.41, 5.74) is 1.63. The molecule has 0 unspecified atom stereocenters. The molecule has 1 aromatic heterocycles. The SMILES string of the molecule is Cn1c(CCC(=O)O)nc(Br)c1-c1ccc(F)cc1. The lowest BCUT2D eigenvalue weighted by Crippen LogP contribution is -2.04. The number of carboxylic acid groups (broad SMARTS) is 1. The Labute approximate surface area is 118 Å². The third kappa shape index (κ3) is 3.01. The third-order valence-corrected chi connectivity index (χ3v) is 3.38. The van der Waals surface area contributed by atoms with Gasteiger partial charge in [-0.25, -0.2) is 9.37 Å². The van der Waals surface area contributed by atoms with E-state index in [1.54, 1.807) is 12.1 Å². The molecule has 0 fully saturated rings. The van der Waals surface area contributed by atoms with Gasteiger partial charge in [0.05, 0.1) is 12.1 Å². The Kier molecular flexibility index (Phi) is 3.99. The van der Waals surface area contributed by atoms with Crippen molar-refractivity contribution in [3.63, 3.8) is 0 Å². The van der Waals surface area contributed by atoms with Crippen molar-refractivity contribution in [1.82, 2.24) is 9.55 Å². The van der Waals surface area contributed by atoms with E-state index < -0.39 is 5.97 Å². The van der Waals surface area contributed by atoms with Crippen LogP contribution in [0.3, 0.4) is 0 Å². The summed E-state index contributed by atoms with van der Waals surface area (Å²) in [4.78, 5) is 14.9. The van der Waals surface area contributed by atoms with Crippen molar-refractivity contribution in [2.45, 2.75) is 12.8 Å². The van der Waals surface area contributed by atoms with Crippen LogP contribution in [0.2, 0.25) is 0 Å². The smallest absolute Gasteiger partial charge is 0.303 e. The molecule has 6 heteroatoms. The molecule has 4 nitrogen and oxygen atoms in total. The van der Waals surface area contributed by atoms with E-state index in [1.807, 2.05) is 11.6 Å². The van der Waals surface area contributed by atoms with Crippen LogP contribution >= 0.6 is 15.9 Å². The number of aromatic nitrogens is 2. The number of aryl methyl sites for hydroxylation is 1. The number of carbonyl (C=O) groups is 1. The average Bonchev–Trinajstić information content (AvgIpc) is 2.63. The maximum Gasteiger partial charge on any atom is 0.303 e. The van der Waals surface area contributed by atoms with Crippen LogP contribution in [0, 0.1) is 5.82 Å². The largest absolute Gasteiger partial charge is 0.481 e. The number of carboxylic acids is 1. The van der Waals surface area contributed by atoms with Crippen LogP contribution in [0.15, 0.2) is 28.9 Å². The molecule has 0 atom stereocenters. The summed E-state index contributed by atoms with van der Waals surface area (Å²) < 4.78 is 15.4. The molecule has 2 rings (SSSR count). The number of aliphatic carboxylic acids is 1. The Morgan fingerprint density at radius 3 is 2.63 bits per heavy atom. The minimum Gasteiger partial charge on any atom is -0.481 e. The normalized spacial score (nSPS) is 10.7. The number of rotatable bonds is 4. The number of halogens is 2. The maximum absolute atomic E-state index is 12.9. The van der Waals surface area contributed by atoms with Crippen LogP contribution in [0.4, 0.5) is 4.39 Å². The highest BCUT2D eigenvalue weighted by Gasteiger charge is 2.15. The summed E-state index contributed by atoms with van der Waals surface area (Å²) in [7, 11) is 1.81. The zero-order chi connectivity index (χ0) is 14.0. The first-order chi connectivity index (χ1) is 8.99. The Hall–Kier alpha value is -1.69. The first kappa shape index (κ1) is 13.7. The molecule has 2 aromatic rings. The van der Waals surface area contributed by atoms with E-state index in [-0.39, 0.29) is 12.2 Å². The summed E-state index contributed by atoms with van der Waals surface area (Å²) in [5, 5.41) is 8.70. The summed E-state index contributed by atoms with van der Waals surface area (Å²) in [5.74, 6) is -0.482. The second kappa shape index (κ2) is 5.52. The number of hydrogen-bond donors (Lipinski definition) is 1. The van der Waals surface area contributed by atoms with E-state index in [0.717, 1.165) is 11.3 Å². The minimum absolute atomic E-state index is 0.0279. The monoisotopic (exact) mass is 326 g/mol. The summed E-state index contributed by atoms with van der Waals surface area (Å²) in [6.45, 7) is 0. The third-order valence-electron chi connectivity index (χ3n) is 2.83. The van der Waals surface area contributed by atoms with Gasteiger partial charge in [-0.2, -0.15) is 0 Å². The standard InChI is InChI=1S/C13H12BrFN2O2/c1-17-10(6-7-11(18)19)16-13(14)12(17)8-2-4-9(15)5-3-8/h2-5H,6-7H2,1H3,(H,18,19). The molecule has 0 aliphatic rings. The van der Waals surface area contributed by atoms with Gasteiger partial charge in [0, 0.05) is 19.0 Å². The van der Waals surface area contributed by atoms with Crippen molar-refractivity contribution in [3.05, 3.63) is 40.5 Å². The molecule has 19 heavy (non-hydrogen) atoms. The molecule has 0 amide bonds. The maximum atomic E-state index is 12.9. The van der Waals surface area contributed by atoms with Crippen molar-refractivity contribution in [1.29, 1.82) is 0 Å². The Bertz CT molecular complexity index is 608. The molecule has 0 spiro atoms. The van der Waals surface area contributed by atoms with Gasteiger partial charge in [0.25, 0.3) is 0 Å². The number of imidazole rings is 1. The fraction of sp³-hybridized carbons (Fsp3) is 0.231. The molecule has 0 aliphatic heterocycles. The van der Waals surface area contributed by atoms with Crippen molar-refractivity contribution < 1.29 is 14.3 Å². The van der Waals surface area contributed by atoms with Crippen LogP contribution in [-0.2, 0) is 18.3 Å². The summed E-state index contributed by atoms with van der Waals surface area (Å²) >= 11 is 3.36. The lowest BCUT2D eigenvalue weighted by molar-refractivity contribution is -0.137. The topological polar surface area (TPSA) is 55.1 Å². The van der Waals surface area contributed by atoms with Crippen LogP contribution < -0.4 is 0 Å². The van der Waals surface area contributed by atoms with Gasteiger partial charge in [-0.15, -0.1) is 0 Å². The molecule has 0 saturated carbocycles. The fourth-order valence-corrected chi connectivity index (χ4v) is 2.57. The molecular weight excluding hydrogens is 315 g/mol. The summed E-state index contributed by atoms with van der Waals surface area (Å²) in [6.07, 6.45) is 0.381. The minimum atomic E-state index is -0.859. The van der Waals surface area contributed by atoms with Crippen LogP contribution in [-0.4, -0.2) is 20.6 Å². The molecule has 1 heterocycles. The highest BCUT2D eigenvalue weighted by Crippen LogP contribution is 2.28. The van der Waals surface area contributed by atoms with Gasteiger partial charge >= 0.3 is 5.97 Å². The van der Waals surface area contributed by atoms with Gasteiger partial charge in [-0.1, -0.05) is 0 Å².